The van der Waals surface area contributed by atoms with Gasteiger partial charge in [-0.25, -0.2) is 4.98 Å². The van der Waals surface area contributed by atoms with Crippen LogP contribution in [0.15, 0.2) is 41.3 Å². The molecular weight excluding hydrogens is 200 g/mol. The summed E-state index contributed by atoms with van der Waals surface area (Å²) < 4.78 is 0. The predicted octanol–water partition coefficient (Wildman–Crippen LogP) is 2.38. The quantitative estimate of drug-likeness (QED) is 0.579. The number of fused-ring (bicyclic) bond motifs is 3. The van der Waals surface area contributed by atoms with Gasteiger partial charge in [-0.3, -0.25) is 4.79 Å². The number of benzene rings is 1. The van der Waals surface area contributed by atoms with Gasteiger partial charge in [0.15, 0.2) is 0 Å². The van der Waals surface area contributed by atoms with Gasteiger partial charge in [0.25, 0.3) is 5.56 Å². The smallest absolute Gasteiger partial charge is 0.274 e. The van der Waals surface area contributed by atoms with Crippen LogP contribution in [0.2, 0.25) is 0 Å². The first kappa shape index (κ1) is 9.09. The van der Waals surface area contributed by atoms with Crippen LogP contribution in [-0.4, -0.2) is 9.97 Å². The summed E-state index contributed by atoms with van der Waals surface area (Å²) in [6.45, 7) is 1.88. The second-order valence-corrected chi connectivity index (χ2v) is 3.89. The maximum absolute atomic E-state index is 11.7. The molecule has 3 aromatic rings. The zero-order chi connectivity index (χ0) is 11.1. The van der Waals surface area contributed by atoms with Crippen molar-refractivity contribution in [2.24, 2.45) is 0 Å². The van der Waals surface area contributed by atoms with Gasteiger partial charge < -0.3 is 4.98 Å². The van der Waals surface area contributed by atoms with Crippen LogP contribution in [0.4, 0.5) is 0 Å². The van der Waals surface area contributed by atoms with Crippen LogP contribution in [0.3, 0.4) is 0 Å². The molecule has 1 aromatic carbocycles. The number of aryl methyl sites for hydroxylation is 1. The van der Waals surface area contributed by atoms with E-state index in [2.05, 4.69) is 9.97 Å². The summed E-state index contributed by atoms with van der Waals surface area (Å²) in [4.78, 5) is 18.7. The third-order valence-electron chi connectivity index (χ3n) is 2.73. The second-order valence-electron chi connectivity index (χ2n) is 3.89. The molecule has 0 saturated heterocycles. The maximum atomic E-state index is 11.7. The first-order valence-corrected chi connectivity index (χ1v) is 5.13. The largest absolute Gasteiger partial charge is 0.325 e. The Morgan fingerprint density at radius 3 is 2.88 bits per heavy atom. The topological polar surface area (TPSA) is 45.8 Å². The maximum Gasteiger partial charge on any atom is 0.274 e. The number of hydrogen-bond acceptors (Lipinski definition) is 2. The third-order valence-corrected chi connectivity index (χ3v) is 2.73. The average molecular weight is 210 g/mol. The van der Waals surface area contributed by atoms with E-state index in [1.807, 2.05) is 37.3 Å². The lowest BCUT2D eigenvalue weighted by atomic mass is 10.1. The first-order valence-electron chi connectivity index (χ1n) is 5.13. The number of aromatic nitrogens is 2. The highest BCUT2D eigenvalue weighted by molar-refractivity contribution is 6.04. The summed E-state index contributed by atoms with van der Waals surface area (Å²) in [5.74, 6) is 0. The number of nitrogens with zero attached hydrogens (tertiary/aromatic N) is 1. The molecule has 3 rings (SSSR count). The normalized spacial score (nSPS) is 11.1. The van der Waals surface area contributed by atoms with Crippen molar-refractivity contribution < 1.29 is 0 Å². The zero-order valence-corrected chi connectivity index (χ0v) is 8.82. The van der Waals surface area contributed by atoms with Crippen molar-refractivity contribution in [2.75, 3.05) is 0 Å². The van der Waals surface area contributed by atoms with E-state index in [4.69, 9.17) is 0 Å². The summed E-state index contributed by atoms with van der Waals surface area (Å²) in [5, 5.41) is 3.04. The van der Waals surface area contributed by atoms with E-state index in [1.165, 1.54) is 0 Å². The summed E-state index contributed by atoms with van der Waals surface area (Å²) in [6.07, 6.45) is 1.74. The molecule has 0 saturated carbocycles. The SMILES string of the molecule is Cc1cc2c(ncc3ccccc32)c(=O)[nH]1. The summed E-state index contributed by atoms with van der Waals surface area (Å²) in [5.41, 5.74) is 1.24. The molecule has 0 fully saturated rings. The number of rotatable bonds is 0. The van der Waals surface area contributed by atoms with Crippen LogP contribution >= 0.6 is 0 Å². The molecule has 0 radical (unpaired) electrons. The molecule has 2 aromatic heterocycles. The van der Waals surface area contributed by atoms with Gasteiger partial charge >= 0.3 is 0 Å². The average Bonchev–Trinajstić information content (AvgIpc) is 2.28. The monoisotopic (exact) mass is 210 g/mol. The fourth-order valence-electron chi connectivity index (χ4n) is 2.00. The minimum absolute atomic E-state index is 0.124. The van der Waals surface area contributed by atoms with Crippen LogP contribution in [0, 0.1) is 6.92 Å². The van der Waals surface area contributed by atoms with E-state index >= 15 is 0 Å². The Morgan fingerprint density at radius 2 is 2.00 bits per heavy atom. The molecule has 0 spiro atoms. The Hall–Kier alpha value is -2.16. The highest BCUT2D eigenvalue weighted by Gasteiger charge is 2.04. The van der Waals surface area contributed by atoms with Crippen LogP contribution in [0.25, 0.3) is 21.7 Å². The molecule has 0 bridgehead atoms. The lowest BCUT2D eigenvalue weighted by Gasteiger charge is -2.03. The van der Waals surface area contributed by atoms with Gasteiger partial charge in [0.2, 0.25) is 0 Å². The van der Waals surface area contributed by atoms with Crippen molar-refractivity contribution in [2.45, 2.75) is 6.92 Å². The molecule has 0 amide bonds. The van der Waals surface area contributed by atoms with Crippen molar-refractivity contribution in [3.63, 3.8) is 0 Å². The van der Waals surface area contributed by atoms with Crippen molar-refractivity contribution in [1.82, 2.24) is 9.97 Å². The minimum Gasteiger partial charge on any atom is -0.325 e. The number of aromatic amines is 1. The van der Waals surface area contributed by atoms with Crippen LogP contribution < -0.4 is 5.56 Å². The number of hydrogen-bond donors (Lipinski definition) is 1. The molecule has 3 heteroatoms. The van der Waals surface area contributed by atoms with Gasteiger partial charge in [-0.05, 0) is 18.4 Å². The van der Waals surface area contributed by atoms with Gasteiger partial charge in [0, 0.05) is 22.7 Å². The molecule has 0 aliphatic rings. The molecule has 78 valence electrons. The fourth-order valence-corrected chi connectivity index (χ4v) is 2.00. The lowest BCUT2D eigenvalue weighted by molar-refractivity contribution is 1.16. The standard InChI is InChI=1S/C13H10N2O/c1-8-6-11-10-5-3-2-4-9(10)7-14-12(11)13(16)15-8/h2-7H,1H3,(H,15,16). The number of pyridine rings is 2. The number of H-pyrrole nitrogens is 1. The van der Waals surface area contributed by atoms with E-state index in [-0.39, 0.29) is 5.56 Å². The van der Waals surface area contributed by atoms with Gasteiger partial charge in [0.05, 0.1) is 0 Å². The third kappa shape index (κ3) is 1.21. The molecule has 0 aliphatic carbocycles. The van der Waals surface area contributed by atoms with Crippen molar-refractivity contribution in [3.8, 4) is 0 Å². The highest BCUT2D eigenvalue weighted by Crippen LogP contribution is 2.21. The fraction of sp³-hybridized carbons (Fsp3) is 0.0769. The molecule has 1 N–H and O–H groups in total. The van der Waals surface area contributed by atoms with Crippen molar-refractivity contribution >= 4 is 21.7 Å². The van der Waals surface area contributed by atoms with Gasteiger partial charge in [-0.15, -0.1) is 0 Å². The molecular formula is C13H10N2O. The van der Waals surface area contributed by atoms with E-state index in [0.29, 0.717) is 5.52 Å². The molecule has 16 heavy (non-hydrogen) atoms. The Bertz CT molecular complexity index is 744. The molecule has 0 unspecified atom stereocenters. The molecule has 0 atom stereocenters. The Kier molecular flexibility index (Phi) is 1.80. The Balaban J connectivity index is 2.65. The first-order chi connectivity index (χ1) is 7.75. The lowest BCUT2D eigenvalue weighted by Crippen LogP contribution is -2.08. The zero-order valence-electron chi connectivity index (χ0n) is 8.82. The van der Waals surface area contributed by atoms with Crippen molar-refractivity contribution in [1.29, 1.82) is 0 Å². The van der Waals surface area contributed by atoms with E-state index in [9.17, 15) is 4.79 Å². The van der Waals surface area contributed by atoms with Crippen LogP contribution in [-0.2, 0) is 0 Å². The van der Waals surface area contributed by atoms with Gasteiger partial charge in [0.1, 0.15) is 5.52 Å². The molecule has 3 nitrogen and oxygen atoms in total. The number of nitrogens with one attached hydrogen (secondary N) is 1. The van der Waals surface area contributed by atoms with E-state index < -0.39 is 0 Å². The Morgan fingerprint density at radius 1 is 1.19 bits per heavy atom. The van der Waals surface area contributed by atoms with E-state index in [1.54, 1.807) is 6.20 Å². The predicted molar refractivity (Wildman–Crippen MR) is 64.6 cm³/mol. The second kappa shape index (κ2) is 3.17. The Labute approximate surface area is 91.8 Å². The summed E-state index contributed by atoms with van der Waals surface area (Å²) >= 11 is 0. The highest BCUT2D eigenvalue weighted by atomic mass is 16.1. The van der Waals surface area contributed by atoms with E-state index in [0.717, 1.165) is 21.9 Å². The molecule has 0 aliphatic heterocycles. The summed E-state index contributed by atoms with van der Waals surface area (Å²) in [6, 6.07) is 9.91. The van der Waals surface area contributed by atoms with Gasteiger partial charge in [-0.1, -0.05) is 24.3 Å². The van der Waals surface area contributed by atoms with Crippen LogP contribution in [0.1, 0.15) is 5.69 Å². The summed E-state index contributed by atoms with van der Waals surface area (Å²) in [7, 11) is 0. The van der Waals surface area contributed by atoms with Crippen LogP contribution in [0.5, 0.6) is 0 Å². The van der Waals surface area contributed by atoms with Crippen molar-refractivity contribution in [3.05, 3.63) is 52.6 Å². The minimum atomic E-state index is -0.124. The molecule has 2 heterocycles. The van der Waals surface area contributed by atoms with Gasteiger partial charge in [-0.2, -0.15) is 0 Å².